The van der Waals surface area contributed by atoms with E-state index in [4.69, 9.17) is 0 Å². The first-order chi connectivity index (χ1) is 10.5. The Labute approximate surface area is 137 Å². The molecule has 0 aliphatic carbocycles. The summed E-state index contributed by atoms with van der Waals surface area (Å²) in [6, 6.07) is 12.7. The fourth-order valence-corrected chi connectivity index (χ4v) is 2.16. The van der Waals surface area contributed by atoms with Crippen molar-refractivity contribution in [1.82, 2.24) is 5.43 Å². The van der Waals surface area contributed by atoms with Gasteiger partial charge in [-0.1, -0.05) is 12.1 Å². The number of nitrogens with zero attached hydrogens (tertiary/aromatic N) is 1. The summed E-state index contributed by atoms with van der Waals surface area (Å²) in [6.45, 7) is 2.13. The minimum Gasteiger partial charge on any atom is -0.507 e. The summed E-state index contributed by atoms with van der Waals surface area (Å²) in [4.78, 5) is 11.7. The number of hydrogen-bond donors (Lipinski definition) is 3. The molecule has 5 nitrogen and oxygen atoms in total. The molecule has 0 fully saturated rings. The molecule has 3 N–H and O–H groups in total. The summed E-state index contributed by atoms with van der Waals surface area (Å²) < 4.78 is 0.573. The van der Waals surface area contributed by atoms with Gasteiger partial charge in [-0.3, -0.25) is 4.79 Å². The van der Waals surface area contributed by atoms with Crippen molar-refractivity contribution in [2.45, 2.75) is 6.92 Å². The van der Waals surface area contributed by atoms with Gasteiger partial charge < -0.3 is 10.4 Å². The number of rotatable bonds is 5. The van der Waals surface area contributed by atoms with Crippen LogP contribution in [0.25, 0.3) is 0 Å². The van der Waals surface area contributed by atoms with Crippen molar-refractivity contribution in [2.75, 3.05) is 11.9 Å². The van der Waals surface area contributed by atoms with Crippen molar-refractivity contribution in [3.8, 4) is 5.75 Å². The SMILES string of the molecule is Cc1cccc(NCC(=O)NN=Cc2ccc(O)c(Br)c2)c1. The molecule has 0 aliphatic heterocycles. The summed E-state index contributed by atoms with van der Waals surface area (Å²) in [6.07, 6.45) is 1.51. The van der Waals surface area contributed by atoms with Crippen molar-refractivity contribution in [3.05, 3.63) is 58.1 Å². The number of carbonyl (C=O) groups is 1. The van der Waals surface area contributed by atoms with Gasteiger partial charge in [0.15, 0.2) is 0 Å². The van der Waals surface area contributed by atoms with Crippen LogP contribution < -0.4 is 10.7 Å². The average Bonchev–Trinajstić information content (AvgIpc) is 2.49. The van der Waals surface area contributed by atoms with E-state index in [1.807, 2.05) is 31.2 Å². The molecule has 0 saturated heterocycles. The van der Waals surface area contributed by atoms with Crippen LogP contribution in [0.5, 0.6) is 5.75 Å². The van der Waals surface area contributed by atoms with Crippen LogP contribution in [0.2, 0.25) is 0 Å². The van der Waals surface area contributed by atoms with Gasteiger partial charge in [-0.25, -0.2) is 5.43 Å². The molecule has 22 heavy (non-hydrogen) atoms. The molecular weight excluding hydrogens is 346 g/mol. The van der Waals surface area contributed by atoms with Crippen LogP contribution in [0.3, 0.4) is 0 Å². The molecule has 0 heterocycles. The first-order valence-corrected chi connectivity index (χ1v) is 7.45. The second-order valence-electron chi connectivity index (χ2n) is 4.73. The average molecular weight is 362 g/mol. The number of phenolic OH excluding ortho intramolecular Hbond substituents is 1. The van der Waals surface area contributed by atoms with Gasteiger partial charge >= 0.3 is 0 Å². The lowest BCUT2D eigenvalue weighted by atomic mass is 10.2. The Morgan fingerprint density at radius 3 is 2.86 bits per heavy atom. The Bertz CT molecular complexity index is 702. The van der Waals surface area contributed by atoms with Gasteiger partial charge in [-0.2, -0.15) is 5.10 Å². The van der Waals surface area contributed by atoms with Crippen molar-refractivity contribution in [2.24, 2.45) is 5.10 Å². The van der Waals surface area contributed by atoms with Gasteiger partial charge in [0.05, 0.1) is 17.2 Å². The normalized spacial score (nSPS) is 10.6. The van der Waals surface area contributed by atoms with Gasteiger partial charge in [0.25, 0.3) is 5.91 Å². The molecular formula is C16H16BrN3O2. The number of carbonyl (C=O) groups excluding carboxylic acids is 1. The number of benzene rings is 2. The van der Waals surface area contributed by atoms with Crippen LogP contribution in [-0.4, -0.2) is 23.8 Å². The molecule has 0 unspecified atom stereocenters. The van der Waals surface area contributed by atoms with Crippen molar-refractivity contribution in [3.63, 3.8) is 0 Å². The standard InChI is InChI=1S/C16H16BrN3O2/c1-11-3-2-4-13(7-11)18-10-16(22)20-19-9-12-5-6-15(21)14(17)8-12/h2-9,18,21H,10H2,1H3,(H,20,22). The van der Waals surface area contributed by atoms with Crippen LogP contribution in [-0.2, 0) is 4.79 Å². The molecule has 0 atom stereocenters. The lowest BCUT2D eigenvalue weighted by molar-refractivity contribution is -0.119. The largest absolute Gasteiger partial charge is 0.507 e. The maximum absolute atomic E-state index is 11.7. The highest BCUT2D eigenvalue weighted by Gasteiger charge is 2.00. The molecule has 2 aromatic carbocycles. The fraction of sp³-hybridized carbons (Fsp3) is 0.125. The Morgan fingerprint density at radius 1 is 1.32 bits per heavy atom. The zero-order valence-electron chi connectivity index (χ0n) is 12.0. The Hall–Kier alpha value is -2.34. The maximum atomic E-state index is 11.7. The van der Waals surface area contributed by atoms with Gasteiger partial charge in [0.1, 0.15) is 5.75 Å². The molecule has 0 aliphatic rings. The molecule has 0 saturated carbocycles. The van der Waals surface area contributed by atoms with E-state index in [9.17, 15) is 9.90 Å². The fourth-order valence-electron chi connectivity index (χ4n) is 1.76. The number of phenols is 1. The minimum atomic E-state index is -0.240. The van der Waals surface area contributed by atoms with E-state index in [0.29, 0.717) is 4.47 Å². The van der Waals surface area contributed by atoms with Gasteiger partial charge in [-0.15, -0.1) is 0 Å². The molecule has 1 amide bonds. The topological polar surface area (TPSA) is 73.7 Å². The first kappa shape index (κ1) is 16.0. The summed E-state index contributed by atoms with van der Waals surface area (Å²) >= 11 is 3.21. The monoisotopic (exact) mass is 361 g/mol. The molecule has 0 bridgehead atoms. The van der Waals surface area contributed by atoms with Crippen LogP contribution >= 0.6 is 15.9 Å². The summed E-state index contributed by atoms with van der Waals surface area (Å²) in [7, 11) is 0. The number of aromatic hydroxyl groups is 1. The second kappa shape index (κ2) is 7.61. The van der Waals surface area contributed by atoms with E-state index >= 15 is 0 Å². The zero-order valence-corrected chi connectivity index (χ0v) is 13.6. The third-order valence-corrected chi connectivity index (χ3v) is 3.48. The smallest absolute Gasteiger partial charge is 0.259 e. The number of halogens is 1. The highest BCUT2D eigenvalue weighted by molar-refractivity contribution is 9.10. The Balaban J connectivity index is 1.82. The predicted molar refractivity (Wildman–Crippen MR) is 91.2 cm³/mol. The third-order valence-electron chi connectivity index (χ3n) is 2.85. The van der Waals surface area contributed by atoms with E-state index in [0.717, 1.165) is 16.8 Å². The van der Waals surface area contributed by atoms with E-state index in [1.165, 1.54) is 6.21 Å². The van der Waals surface area contributed by atoms with Crippen molar-refractivity contribution in [1.29, 1.82) is 0 Å². The summed E-state index contributed by atoms with van der Waals surface area (Å²) in [5, 5.41) is 16.3. The summed E-state index contributed by atoms with van der Waals surface area (Å²) in [5.41, 5.74) is 5.22. The van der Waals surface area contributed by atoms with Gasteiger partial charge in [-0.05, 0) is 64.3 Å². The molecule has 6 heteroatoms. The van der Waals surface area contributed by atoms with Crippen LogP contribution in [0.1, 0.15) is 11.1 Å². The third kappa shape index (κ3) is 4.89. The van der Waals surface area contributed by atoms with E-state index < -0.39 is 0 Å². The highest BCUT2D eigenvalue weighted by Crippen LogP contribution is 2.23. The minimum absolute atomic E-state index is 0.139. The summed E-state index contributed by atoms with van der Waals surface area (Å²) in [5.74, 6) is -0.0841. The Morgan fingerprint density at radius 2 is 2.14 bits per heavy atom. The number of aryl methyl sites for hydroxylation is 1. The number of anilines is 1. The number of hydrazone groups is 1. The molecule has 0 spiro atoms. The van der Waals surface area contributed by atoms with Crippen molar-refractivity contribution < 1.29 is 9.90 Å². The van der Waals surface area contributed by atoms with Gasteiger partial charge in [0, 0.05) is 5.69 Å². The molecule has 2 aromatic rings. The molecule has 114 valence electrons. The number of amides is 1. The maximum Gasteiger partial charge on any atom is 0.259 e. The van der Waals surface area contributed by atoms with Crippen LogP contribution in [0.4, 0.5) is 5.69 Å². The van der Waals surface area contributed by atoms with Crippen LogP contribution in [0.15, 0.2) is 52.0 Å². The Kier molecular flexibility index (Phi) is 5.55. The number of hydrogen-bond acceptors (Lipinski definition) is 4. The number of nitrogens with one attached hydrogen (secondary N) is 2. The second-order valence-corrected chi connectivity index (χ2v) is 5.58. The first-order valence-electron chi connectivity index (χ1n) is 6.65. The lowest BCUT2D eigenvalue weighted by Crippen LogP contribution is -2.25. The van der Waals surface area contributed by atoms with E-state index in [-0.39, 0.29) is 18.2 Å². The highest BCUT2D eigenvalue weighted by atomic mass is 79.9. The van der Waals surface area contributed by atoms with E-state index in [2.05, 4.69) is 31.8 Å². The molecule has 2 rings (SSSR count). The molecule has 0 radical (unpaired) electrons. The zero-order chi connectivity index (χ0) is 15.9. The van der Waals surface area contributed by atoms with E-state index in [1.54, 1.807) is 18.2 Å². The van der Waals surface area contributed by atoms with Crippen molar-refractivity contribution >= 4 is 33.7 Å². The van der Waals surface area contributed by atoms with Crippen LogP contribution in [0, 0.1) is 6.92 Å². The quantitative estimate of drug-likeness (QED) is 0.566. The predicted octanol–water partition coefficient (Wildman–Crippen LogP) is 3.03. The van der Waals surface area contributed by atoms with Gasteiger partial charge in [0.2, 0.25) is 0 Å². The lowest BCUT2D eigenvalue weighted by Gasteiger charge is -2.05. The molecule has 0 aromatic heterocycles.